The van der Waals surface area contributed by atoms with Crippen molar-refractivity contribution in [3.8, 4) is 16.9 Å². The molecule has 0 saturated carbocycles. The summed E-state index contributed by atoms with van der Waals surface area (Å²) in [5.41, 5.74) is 6.01. The Morgan fingerprint density at radius 2 is 1.61 bits per heavy atom. The number of pyridine rings is 1. The number of nitrogens with zero attached hydrogens (tertiary/aromatic N) is 3. The van der Waals surface area contributed by atoms with Crippen molar-refractivity contribution in [3.63, 3.8) is 0 Å². The molecule has 6 nitrogen and oxygen atoms in total. The van der Waals surface area contributed by atoms with Gasteiger partial charge in [0.25, 0.3) is 5.91 Å². The molecule has 1 unspecified atom stereocenters. The Hall–Kier alpha value is -3.93. The van der Waals surface area contributed by atoms with Crippen molar-refractivity contribution in [1.29, 1.82) is 0 Å². The van der Waals surface area contributed by atoms with Gasteiger partial charge in [-0.2, -0.15) is 5.10 Å². The predicted molar refractivity (Wildman–Crippen MR) is 129 cm³/mol. The number of methoxy groups -OCH3 is 1. The average molecular weight is 439 g/mol. The van der Waals surface area contributed by atoms with E-state index in [-0.39, 0.29) is 17.4 Å². The molecule has 5 rings (SSSR count). The molecule has 33 heavy (non-hydrogen) atoms. The topological polar surface area (TPSA) is 71.1 Å². The van der Waals surface area contributed by atoms with E-state index in [1.165, 1.54) is 0 Å². The Bertz CT molecular complexity index is 1300. The summed E-state index contributed by atoms with van der Waals surface area (Å²) in [6, 6.07) is 19.5. The van der Waals surface area contributed by atoms with E-state index in [1.54, 1.807) is 19.5 Å². The molecule has 1 atom stereocenters. The Kier molecular flexibility index (Phi) is 5.01. The second kappa shape index (κ2) is 7.89. The molecule has 0 saturated heterocycles. The average Bonchev–Trinajstić information content (AvgIpc) is 3.39. The third-order valence-corrected chi connectivity index (χ3v) is 6.10. The van der Waals surface area contributed by atoms with E-state index in [2.05, 4.69) is 36.0 Å². The first-order valence-corrected chi connectivity index (χ1v) is 11.0. The number of para-hydroxylation sites is 1. The van der Waals surface area contributed by atoms with Crippen molar-refractivity contribution in [1.82, 2.24) is 15.2 Å². The van der Waals surface area contributed by atoms with Crippen molar-refractivity contribution in [3.05, 3.63) is 95.6 Å². The number of hydrogen-bond acceptors (Lipinski definition) is 4. The van der Waals surface area contributed by atoms with Crippen LogP contribution in [-0.4, -0.2) is 28.2 Å². The summed E-state index contributed by atoms with van der Waals surface area (Å²) in [4.78, 5) is 19.6. The fourth-order valence-electron chi connectivity index (χ4n) is 4.52. The van der Waals surface area contributed by atoms with Crippen LogP contribution < -0.4 is 9.64 Å². The van der Waals surface area contributed by atoms with E-state index >= 15 is 0 Å². The van der Waals surface area contributed by atoms with Gasteiger partial charge in [-0.25, -0.2) is 0 Å². The molecule has 1 aliphatic heterocycles. The summed E-state index contributed by atoms with van der Waals surface area (Å²) >= 11 is 0. The highest BCUT2D eigenvalue weighted by atomic mass is 16.5. The number of hydrogen-bond donors (Lipinski definition) is 1. The lowest BCUT2D eigenvalue weighted by atomic mass is 9.85. The first kappa shape index (κ1) is 20.9. The van der Waals surface area contributed by atoms with Crippen LogP contribution in [0.1, 0.15) is 54.1 Å². The second-order valence-corrected chi connectivity index (χ2v) is 9.21. The Balaban J connectivity index is 1.66. The van der Waals surface area contributed by atoms with Gasteiger partial charge in [0, 0.05) is 40.3 Å². The number of aromatic amines is 1. The third-order valence-electron chi connectivity index (χ3n) is 6.10. The summed E-state index contributed by atoms with van der Waals surface area (Å²) in [5.74, 6) is 0.618. The quantitative estimate of drug-likeness (QED) is 0.455. The zero-order chi connectivity index (χ0) is 23.2. The van der Waals surface area contributed by atoms with Crippen molar-refractivity contribution >= 4 is 11.6 Å². The Morgan fingerprint density at radius 1 is 0.939 bits per heavy atom. The smallest absolute Gasteiger partial charge is 0.280 e. The van der Waals surface area contributed by atoms with Gasteiger partial charge >= 0.3 is 0 Å². The van der Waals surface area contributed by atoms with Crippen LogP contribution in [0.3, 0.4) is 0 Å². The molecule has 0 aliphatic carbocycles. The number of rotatable bonds is 4. The van der Waals surface area contributed by atoms with Crippen LogP contribution in [0, 0.1) is 0 Å². The fraction of sp³-hybridized carbons (Fsp3) is 0.222. The molecule has 1 N–H and O–H groups in total. The predicted octanol–water partition coefficient (Wildman–Crippen LogP) is 5.53. The van der Waals surface area contributed by atoms with E-state index in [0.29, 0.717) is 5.69 Å². The molecule has 2 aromatic carbocycles. The van der Waals surface area contributed by atoms with Crippen LogP contribution in [0.2, 0.25) is 0 Å². The van der Waals surface area contributed by atoms with Crippen LogP contribution in [0.25, 0.3) is 11.1 Å². The van der Waals surface area contributed by atoms with E-state index in [0.717, 1.165) is 39.4 Å². The van der Waals surface area contributed by atoms with Crippen LogP contribution in [0.15, 0.2) is 73.1 Å². The molecule has 0 spiro atoms. The maximum Gasteiger partial charge on any atom is 0.280 e. The van der Waals surface area contributed by atoms with Gasteiger partial charge in [0.1, 0.15) is 5.75 Å². The first-order valence-electron chi connectivity index (χ1n) is 11.0. The lowest BCUT2D eigenvalue weighted by Gasteiger charge is -2.29. The molecule has 4 aromatic rings. The SMILES string of the molecule is COc1ccccc1C1c2c(n[nH]c2C(C)(C)C)C(=O)N1c1ccc(-c2ccncc2)cc1. The first-order chi connectivity index (χ1) is 15.9. The van der Waals surface area contributed by atoms with E-state index in [1.807, 2.05) is 65.6 Å². The molecule has 0 radical (unpaired) electrons. The van der Waals surface area contributed by atoms with Gasteiger partial charge in [-0.1, -0.05) is 51.1 Å². The highest BCUT2D eigenvalue weighted by Gasteiger charge is 2.45. The summed E-state index contributed by atoms with van der Waals surface area (Å²) in [7, 11) is 1.66. The standard InChI is InChI=1S/C27H26N4O2/c1-27(2,3)25-22-23(29-30-25)26(32)31(24(22)20-7-5-6-8-21(20)33-4)19-11-9-17(10-12-19)18-13-15-28-16-14-18/h5-16,24H,1-4H3,(H,29,30). The van der Waals surface area contributed by atoms with Crippen molar-refractivity contribution in [2.24, 2.45) is 0 Å². The molecular formula is C27H26N4O2. The minimum absolute atomic E-state index is 0.121. The third kappa shape index (κ3) is 3.48. The molecule has 2 aromatic heterocycles. The minimum Gasteiger partial charge on any atom is -0.496 e. The van der Waals surface area contributed by atoms with Crippen LogP contribution in [0.5, 0.6) is 5.75 Å². The molecule has 1 aliphatic rings. The van der Waals surface area contributed by atoms with E-state index in [4.69, 9.17) is 4.74 Å². The number of aromatic nitrogens is 3. The van der Waals surface area contributed by atoms with Gasteiger partial charge in [-0.05, 0) is 41.5 Å². The fourth-order valence-corrected chi connectivity index (χ4v) is 4.52. The number of ether oxygens (including phenoxy) is 1. The molecule has 0 bridgehead atoms. The zero-order valence-corrected chi connectivity index (χ0v) is 19.2. The highest BCUT2D eigenvalue weighted by Crippen LogP contribution is 2.47. The molecule has 6 heteroatoms. The summed E-state index contributed by atoms with van der Waals surface area (Å²) in [6.45, 7) is 6.37. The van der Waals surface area contributed by atoms with Crippen molar-refractivity contribution in [2.45, 2.75) is 32.2 Å². The molecule has 3 heterocycles. The van der Waals surface area contributed by atoms with Crippen LogP contribution in [-0.2, 0) is 5.41 Å². The maximum atomic E-state index is 13.7. The summed E-state index contributed by atoms with van der Waals surface area (Å²) < 4.78 is 5.70. The second-order valence-electron chi connectivity index (χ2n) is 9.21. The molecule has 1 amide bonds. The van der Waals surface area contributed by atoms with Gasteiger partial charge < -0.3 is 4.74 Å². The van der Waals surface area contributed by atoms with Gasteiger partial charge in [-0.3, -0.25) is 19.8 Å². The van der Waals surface area contributed by atoms with Crippen LogP contribution >= 0.6 is 0 Å². The van der Waals surface area contributed by atoms with Crippen molar-refractivity contribution in [2.75, 3.05) is 12.0 Å². The molecular weight excluding hydrogens is 412 g/mol. The number of carbonyl (C=O) groups is 1. The maximum absolute atomic E-state index is 13.7. The molecule has 0 fully saturated rings. The minimum atomic E-state index is -0.344. The monoisotopic (exact) mass is 438 g/mol. The number of H-pyrrole nitrogens is 1. The number of nitrogens with one attached hydrogen (secondary N) is 1. The van der Waals surface area contributed by atoms with Gasteiger partial charge in [0.2, 0.25) is 0 Å². The summed E-state index contributed by atoms with van der Waals surface area (Å²) in [6.07, 6.45) is 3.55. The Morgan fingerprint density at radius 3 is 2.27 bits per heavy atom. The Labute approximate surface area is 193 Å². The van der Waals surface area contributed by atoms with Gasteiger partial charge in [-0.15, -0.1) is 0 Å². The number of benzene rings is 2. The highest BCUT2D eigenvalue weighted by molar-refractivity contribution is 6.11. The number of amides is 1. The number of carbonyl (C=O) groups excluding carboxylic acids is 1. The summed E-state index contributed by atoms with van der Waals surface area (Å²) in [5, 5.41) is 7.59. The lowest BCUT2D eigenvalue weighted by Crippen LogP contribution is -2.30. The van der Waals surface area contributed by atoms with Gasteiger partial charge in [0.15, 0.2) is 5.69 Å². The van der Waals surface area contributed by atoms with Crippen LogP contribution in [0.4, 0.5) is 5.69 Å². The molecule has 166 valence electrons. The number of fused-ring (bicyclic) bond motifs is 1. The lowest BCUT2D eigenvalue weighted by molar-refractivity contribution is 0.0988. The van der Waals surface area contributed by atoms with Crippen molar-refractivity contribution < 1.29 is 9.53 Å². The van der Waals surface area contributed by atoms with Gasteiger partial charge in [0.05, 0.1) is 13.2 Å². The zero-order valence-electron chi connectivity index (χ0n) is 19.2. The number of anilines is 1. The van der Waals surface area contributed by atoms with E-state index < -0.39 is 0 Å². The van der Waals surface area contributed by atoms with E-state index in [9.17, 15) is 4.79 Å². The largest absolute Gasteiger partial charge is 0.496 e. The normalized spacial score (nSPS) is 15.6.